The van der Waals surface area contributed by atoms with E-state index in [4.69, 9.17) is 16.0 Å². The first-order valence-corrected chi connectivity index (χ1v) is 7.85. The molecule has 0 atom stereocenters. The van der Waals surface area contributed by atoms with Gasteiger partial charge in [0.15, 0.2) is 5.69 Å². The lowest BCUT2D eigenvalue weighted by Crippen LogP contribution is -2.61. The molecule has 132 valence electrons. The minimum absolute atomic E-state index is 0.200. The summed E-state index contributed by atoms with van der Waals surface area (Å²) in [6.45, 7) is 2.26. The third-order valence-electron chi connectivity index (χ3n) is 3.84. The molecule has 1 aliphatic rings. The number of aromatic nitrogens is 1. The Kier molecular flexibility index (Phi) is 4.47. The van der Waals surface area contributed by atoms with E-state index in [-0.39, 0.29) is 31.1 Å². The van der Waals surface area contributed by atoms with Gasteiger partial charge in [-0.2, -0.15) is 0 Å². The fourth-order valence-electron chi connectivity index (χ4n) is 2.65. The molecule has 25 heavy (non-hydrogen) atoms. The Hall–Kier alpha value is -2.84. The number of oxazole rings is 1. The van der Waals surface area contributed by atoms with E-state index in [2.05, 4.69) is 4.98 Å². The average Bonchev–Trinajstić information content (AvgIpc) is 3.01. The van der Waals surface area contributed by atoms with Crippen molar-refractivity contribution >= 4 is 11.6 Å². The standard InChI is InChI=1S/C17H21N5O3/c1-17(24)10-21(11-17)16(23)14-9-25-15(20-14)7-12(18)8-22(19)13-5-3-2-4-6-13/h2-6,8-9,24H,7,10-11,18-19H2,1H3/b12-8-. The zero-order valence-electron chi connectivity index (χ0n) is 13.9. The van der Waals surface area contributed by atoms with Crippen LogP contribution in [0.1, 0.15) is 23.3 Å². The summed E-state index contributed by atoms with van der Waals surface area (Å²) in [5.74, 6) is 5.99. The van der Waals surface area contributed by atoms with Crippen LogP contribution in [0, 0.1) is 0 Å². The highest BCUT2D eigenvalue weighted by molar-refractivity contribution is 5.92. The largest absolute Gasteiger partial charge is 0.448 e. The van der Waals surface area contributed by atoms with Gasteiger partial charge in [-0.3, -0.25) is 9.80 Å². The van der Waals surface area contributed by atoms with Crippen molar-refractivity contribution in [2.24, 2.45) is 11.6 Å². The molecule has 1 saturated heterocycles. The van der Waals surface area contributed by atoms with Gasteiger partial charge in [0.2, 0.25) is 5.89 Å². The van der Waals surface area contributed by atoms with Gasteiger partial charge < -0.3 is 20.2 Å². The summed E-state index contributed by atoms with van der Waals surface area (Å²) in [5.41, 5.74) is 6.58. The Morgan fingerprint density at radius 2 is 2.12 bits per heavy atom. The number of carbonyl (C=O) groups is 1. The Balaban J connectivity index is 1.61. The van der Waals surface area contributed by atoms with E-state index >= 15 is 0 Å². The number of aliphatic hydroxyl groups is 1. The molecular formula is C17H21N5O3. The predicted molar refractivity (Wildman–Crippen MR) is 92.1 cm³/mol. The van der Waals surface area contributed by atoms with Gasteiger partial charge in [-0.05, 0) is 19.1 Å². The van der Waals surface area contributed by atoms with Gasteiger partial charge in [-0.25, -0.2) is 10.8 Å². The minimum atomic E-state index is -0.822. The van der Waals surface area contributed by atoms with Crippen LogP contribution in [0.5, 0.6) is 0 Å². The first kappa shape index (κ1) is 17.0. The average molecular weight is 343 g/mol. The molecule has 1 amide bonds. The fourth-order valence-corrected chi connectivity index (χ4v) is 2.65. The molecule has 0 unspecified atom stereocenters. The van der Waals surface area contributed by atoms with E-state index < -0.39 is 5.60 Å². The van der Waals surface area contributed by atoms with E-state index in [1.54, 1.807) is 13.1 Å². The zero-order chi connectivity index (χ0) is 18.0. The van der Waals surface area contributed by atoms with Crippen LogP contribution in [-0.4, -0.2) is 39.6 Å². The number of nitrogens with two attached hydrogens (primary N) is 2. The van der Waals surface area contributed by atoms with Crippen LogP contribution < -0.4 is 16.6 Å². The molecular weight excluding hydrogens is 322 g/mol. The van der Waals surface area contributed by atoms with Gasteiger partial charge in [0.1, 0.15) is 6.26 Å². The lowest BCUT2D eigenvalue weighted by molar-refractivity contribution is -0.0670. The maximum absolute atomic E-state index is 12.2. The van der Waals surface area contributed by atoms with Gasteiger partial charge in [-0.1, -0.05) is 18.2 Å². The first-order valence-electron chi connectivity index (χ1n) is 7.85. The van der Waals surface area contributed by atoms with Crippen molar-refractivity contribution in [3.8, 4) is 0 Å². The monoisotopic (exact) mass is 343 g/mol. The lowest BCUT2D eigenvalue weighted by atomic mass is 9.97. The van der Waals surface area contributed by atoms with Gasteiger partial charge in [0.25, 0.3) is 5.91 Å². The van der Waals surface area contributed by atoms with Crippen LogP contribution in [0.4, 0.5) is 5.69 Å². The molecule has 0 aliphatic carbocycles. The van der Waals surface area contributed by atoms with Crippen molar-refractivity contribution in [1.82, 2.24) is 9.88 Å². The summed E-state index contributed by atoms with van der Waals surface area (Å²) in [5, 5.41) is 11.1. The second-order valence-corrected chi connectivity index (χ2v) is 6.41. The third-order valence-corrected chi connectivity index (χ3v) is 3.84. The van der Waals surface area contributed by atoms with E-state index in [0.29, 0.717) is 11.6 Å². The van der Waals surface area contributed by atoms with E-state index in [0.717, 1.165) is 5.69 Å². The van der Waals surface area contributed by atoms with Crippen molar-refractivity contribution in [3.63, 3.8) is 0 Å². The van der Waals surface area contributed by atoms with Crippen molar-refractivity contribution in [1.29, 1.82) is 0 Å². The first-order chi connectivity index (χ1) is 11.8. The highest BCUT2D eigenvalue weighted by Gasteiger charge is 2.40. The molecule has 1 aliphatic heterocycles. The number of carbonyl (C=O) groups excluding carboxylic acids is 1. The maximum Gasteiger partial charge on any atom is 0.276 e. The van der Waals surface area contributed by atoms with Crippen molar-refractivity contribution in [2.45, 2.75) is 18.9 Å². The molecule has 0 spiro atoms. The predicted octanol–water partition coefficient (Wildman–Crippen LogP) is 0.604. The molecule has 1 aromatic heterocycles. The molecule has 0 radical (unpaired) electrons. The van der Waals surface area contributed by atoms with Crippen molar-refractivity contribution in [2.75, 3.05) is 18.1 Å². The normalized spacial score (nSPS) is 16.4. The molecule has 5 N–H and O–H groups in total. The number of benzene rings is 1. The van der Waals surface area contributed by atoms with Crippen LogP contribution >= 0.6 is 0 Å². The van der Waals surface area contributed by atoms with E-state index in [1.807, 2.05) is 30.3 Å². The Morgan fingerprint density at radius 1 is 1.44 bits per heavy atom. The van der Waals surface area contributed by atoms with Crippen LogP contribution in [0.15, 0.2) is 52.9 Å². The molecule has 8 nitrogen and oxygen atoms in total. The number of hydrogen-bond donors (Lipinski definition) is 3. The summed E-state index contributed by atoms with van der Waals surface area (Å²) >= 11 is 0. The van der Waals surface area contributed by atoms with Crippen molar-refractivity contribution < 1.29 is 14.3 Å². The summed E-state index contributed by atoms with van der Waals surface area (Å²) in [6.07, 6.45) is 3.11. The molecule has 1 aromatic carbocycles. The highest BCUT2D eigenvalue weighted by atomic mass is 16.3. The number of β-amino-alcohol motifs (C(OH)–C–C–N with tert-alkyl or cyclic N) is 1. The summed E-state index contributed by atoms with van der Waals surface area (Å²) in [7, 11) is 0. The van der Waals surface area contributed by atoms with Crippen LogP contribution in [0.3, 0.4) is 0 Å². The summed E-state index contributed by atoms with van der Waals surface area (Å²) < 4.78 is 5.31. The molecule has 1 fully saturated rings. The molecule has 3 rings (SSSR count). The van der Waals surface area contributed by atoms with Crippen LogP contribution in [-0.2, 0) is 6.42 Å². The van der Waals surface area contributed by atoms with Gasteiger partial charge in [-0.15, -0.1) is 0 Å². The van der Waals surface area contributed by atoms with E-state index in [9.17, 15) is 9.90 Å². The quantitative estimate of drug-likeness (QED) is 0.537. The number of hydrogen-bond acceptors (Lipinski definition) is 7. The number of allylic oxidation sites excluding steroid dienone is 1. The number of nitrogens with zero attached hydrogens (tertiary/aromatic N) is 3. The number of likely N-dealkylation sites (tertiary alicyclic amines) is 1. The molecule has 8 heteroatoms. The van der Waals surface area contributed by atoms with Gasteiger partial charge >= 0.3 is 0 Å². The van der Waals surface area contributed by atoms with E-state index in [1.165, 1.54) is 16.2 Å². The second kappa shape index (κ2) is 6.58. The number of hydrazine groups is 1. The fraction of sp³-hybridized carbons (Fsp3) is 0.294. The smallest absolute Gasteiger partial charge is 0.276 e. The number of para-hydroxylation sites is 1. The highest BCUT2D eigenvalue weighted by Crippen LogP contribution is 2.22. The Morgan fingerprint density at radius 3 is 2.76 bits per heavy atom. The molecule has 2 aromatic rings. The lowest BCUT2D eigenvalue weighted by Gasteiger charge is -2.43. The Labute approximate surface area is 145 Å². The number of amides is 1. The second-order valence-electron chi connectivity index (χ2n) is 6.41. The SMILES string of the molecule is CC1(O)CN(C(=O)c2coc(C/C(N)=C/N(N)c3ccccc3)n2)C1. The number of rotatable bonds is 5. The third kappa shape index (κ3) is 3.98. The summed E-state index contributed by atoms with van der Waals surface area (Å²) in [6, 6.07) is 9.35. The Bertz CT molecular complexity index is 777. The maximum atomic E-state index is 12.2. The van der Waals surface area contributed by atoms with Gasteiger partial charge in [0, 0.05) is 11.9 Å². The minimum Gasteiger partial charge on any atom is -0.448 e. The molecule has 2 heterocycles. The molecule has 0 bridgehead atoms. The topological polar surface area (TPSA) is 122 Å². The molecule has 0 saturated carbocycles. The number of anilines is 1. The van der Waals surface area contributed by atoms with Crippen LogP contribution in [0.2, 0.25) is 0 Å². The van der Waals surface area contributed by atoms with Gasteiger partial charge in [0.05, 0.1) is 30.8 Å². The summed E-state index contributed by atoms with van der Waals surface area (Å²) in [4.78, 5) is 17.9. The van der Waals surface area contributed by atoms with Crippen LogP contribution in [0.25, 0.3) is 0 Å². The van der Waals surface area contributed by atoms with Crippen molar-refractivity contribution in [3.05, 3.63) is 60.1 Å². The zero-order valence-corrected chi connectivity index (χ0v) is 13.9.